The molecule has 6 rings (SSSR count). The number of fused-ring (bicyclic) bond motifs is 1. The number of benzene rings is 3. The van der Waals surface area contributed by atoms with Crippen LogP contribution in [0, 0.1) is 12.7 Å². The molecule has 0 radical (unpaired) electrons. The minimum absolute atomic E-state index is 0.164. The first-order valence-electron chi connectivity index (χ1n) is 12.7. The first kappa shape index (κ1) is 24.5. The van der Waals surface area contributed by atoms with E-state index in [-0.39, 0.29) is 29.2 Å². The molecule has 8 heteroatoms. The van der Waals surface area contributed by atoms with Crippen molar-refractivity contribution in [3.63, 3.8) is 0 Å². The lowest BCUT2D eigenvalue weighted by Crippen LogP contribution is -2.34. The molecular weight excluding hydrogens is 493 g/mol. The van der Waals surface area contributed by atoms with Crippen molar-refractivity contribution in [1.82, 2.24) is 20.1 Å². The van der Waals surface area contributed by atoms with Crippen molar-refractivity contribution in [3.8, 4) is 11.1 Å². The standard InChI is InChI=1S/C31H26FN5O2/c1-19-7-10-21(30(39)35-31(14-15-31)22-5-3-2-4-6-22)18-25(19)24-13-16-34-37-28(24)27(29(33)38)26(36-37)17-20-8-11-23(32)12-9-20/h2-13,16,18H,14-15,17H2,1H3,(H2,33,38)(H,35,39). The summed E-state index contributed by atoms with van der Waals surface area (Å²) in [6.07, 6.45) is 3.66. The van der Waals surface area contributed by atoms with Crippen molar-refractivity contribution >= 4 is 17.3 Å². The van der Waals surface area contributed by atoms with Gasteiger partial charge in [-0.1, -0.05) is 48.5 Å². The normalized spacial score (nSPS) is 13.8. The van der Waals surface area contributed by atoms with Crippen LogP contribution in [0.2, 0.25) is 0 Å². The fraction of sp³-hybridized carbons (Fsp3) is 0.161. The molecule has 1 aliphatic rings. The lowest BCUT2D eigenvalue weighted by molar-refractivity contribution is 0.0929. The van der Waals surface area contributed by atoms with Gasteiger partial charge < -0.3 is 11.1 Å². The highest BCUT2D eigenvalue weighted by Gasteiger charge is 2.45. The van der Waals surface area contributed by atoms with Crippen LogP contribution < -0.4 is 11.1 Å². The molecule has 0 unspecified atom stereocenters. The van der Waals surface area contributed by atoms with Gasteiger partial charge in [0.15, 0.2) is 0 Å². The Labute approximate surface area is 224 Å². The zero-order chi connectivity index (χ0) is 27.1. The van der Waals surface area contributed by atoms with Crippen LogP contribution >= 0.6 is 0 Å². The maximum Gasteiger partial charge on any atom is 0.252 e. The highest BCUT2D eigenvalue weighted by atomic mass is 19.1. The summed E-state index contributed by atoms with van der Waals surface area (Å²) < 4.78 is 14.8. The molecule has 2 amide bonds. The molecule has 0 saturated heterocycles. The molecule has 39 heavy (non-hydrogen) atoms. The maximum absolute atomic E-state index is 13.4. The number of carbonyl (C=O) groups excluding carboxylic acids is 2. The number of nitrogens with one attached hydrogen (secondary N) is 1. The zero-order valence-electron chi connectivity index (χ0n) is 21.3. The molecule has 7 nitrogen and oxygen atoms in total. The number of amides is 2. The number of halogens is 1. The first-order chi connectivity index (χ1) is 18.8. The minimum Gasteiger partial charge on any atom is -0.365 e. The number of rotatable bonds is 7. The smallest absolute Gasteiger partial charge is 0.252 e. The molecule has 1 fully saturated rings. The lowest BCUT2D eigenvalue weighted by Gasteiger charge is -2.19. The van der Waals surface area contributed by atoms with E-state index in [1.807, 2.05) is 49.4 Å². The van der Waals surface area contributed by atoms with E-state index in [1.54, 1.807) is 30.5 Å². The number of nitrogens with two attached hydrogens (primary N) is 1. The molecule has 0 atom stereocenters. The minimum atomic E-state index is -0.638. The summed E-state index contributed by atoms with van der Waals surface area (Å²) in [5.41, 5.74) is 11.4. The number of carbonyl (C=O) groups is 2. The molecule has 0 aliphatic heterocycles. The SMILES string of the molecule is Cc1ccc(C(=O)NC2(c3ccccc3)CC2)cc1-c1ccnn2nc(Cc3ccc(F)cc3)c(C(N)=O)c12. The van der Waals surface area contributed by atoms with Gasteiger partial charge in [-0.25, -0.2) is 4.39 Å². The van der Waals surface area contributed by atoms with Gasteiger partial charge in [-0.05, 0) is 72.4 Å². The van der Waals surface area contributed by atoms with Gasteiger partial charge in [0, 0.05) is 17.5 Å². The summed E-state index contributed by atoms with van der Waals surface area (Å²) in [5, 5.41) is 12.1. The number of hydrogen-bond donors (Lipinski definition) is 2. The molecule has 3 aromatic carbocycles. The third-order valence-electron chi connectivity index (χ3n) is 7.36. The molecule has 1 saturated carbocycles. The Morgan fingerprint density at radius 3 is 2.44 bits per heavy atom. The Morgan fingerprint density at radius 1 is 1.00 bits per heavy atom. The lowest BCUT2D eigenvalue weighted by atomic mass is 9.95. The Bertz CT molecular complexity index is 1720. The topological polar surface area (TPSA) is 102 Å². The molecule has 0 bridgehead atoms. The van der Waals surface area contributed by atoms with Gasteiger partial charge in [0.25, 0.3) is 11.8 Å². The molecule has 1 aliphatic carbocycles. The summed E-state index contributed by atoms with van der Waals surface area (Å²) in [6.45, 7) is 1.94. The second-order valence-electron chi connectivity index (χ2n) is 10.0. The van der Waals surface area contributed by atoms with Crippen LogP contribution in [0.4, 0.5) is 4.39 Å². The summed E-state index contributed by atoms with van der Waals surface area (Å²) in [7, 11) is 0. The van der Waals surface area contributed by atoms with Gasteiger partial charge in [-0.3, -0.25) is 9.59 Å². The summed E-state index contributed by atoms with van der Waals surface area (Å²) >= 11 is 0. The molecule has 0 spiro atoms. The molecular formula is C31H26FN5O2. The van der Waals surface area contributed by atoms with E-state index in [4.69, 9.17) is 5.73 Å². The third-order valence-corrected chi connectivity index (χ3v) is 7.36. The highest BCUT2D eigenvalue weighted by molar-refractivity contribution is 6.05. The van der Waals surface area contributed by atoms with Crippen molar-refractivity contribution < 1.29 is 14.0 Å². The van der Waals surface area contributed by atoms with E-state index in [0.717, 1.165) is 35.1 Å². The van der Waals surface area contributed by atoms with Crippen LogP contribution in [0.25, 0.3) is 16.6 Å². The molecule has 5 aromatic rings. The average Bonchev–Trinajstić information content (AvgIpc) is 3.62. The number of hydrogen-bond acceptors (Lipinski definition) is 4. The fourth-order valence-electron chi connectivity index (χ4n) is 5.13. The number of primary amides is 1. The second-order valence-corrected chi connectivity index (χ2v) is 10.0. The quantitative estimate of drug-likeness (QED) is 0.318. The van der Waals surface area contributed by atoms with E-state index >= 15 is 0 Å². The Balaban J connectivity index is 1.40. The Hall–Kier alpha value is -4.85. The van der Waals surface area contributed by atoms with Crippen LogP contribution in [-0.2, 0) is 12.0 Å². The number of aryl methyl sites for hydroxylation is 1. The largest absolute Gasteiger partial charge is 0.365 e. The van der Waals surface area contributed by atoms with E-state index in [9.17, 15) is 14.0 Å². The second kappa shape index (κ2) is 9.47. The Morgan fingerprint density at radius 2 is 1.74 bits per heavy atom. The van der Waals surface area contributed by atoms with Crippen molar-refractivity contribution in [2.75, 3.05) is 0 Å². The molecule has 3 N–H and O–H groups in total. The molecule has 2 heterocycles. The predicted molar refractivity (Wildman–Crippen MR) is 146 cm³/mol. The van der Waals surface area contributed by atoms with E-state index < -0.39 is 5.91 Å². The molecule has 194 valence electrons. The highest BCUT2D eigenvalue weighted by Crippen LogP contribution is 2.45. The van der Waals surface area contributed by atoms with Gasteiger partial charge in [0.1, 0.15) is 11.3 Å². The van der Waals surface area contributed by atoms with Crippen molar-refractivity contribution in [2.24, 2.45) is 5.73 Å². The molecule has 2 aromatic heterocycles. The maximum atomic E-state index is 13.4. The van der Waals surface area contributed by atoms with Gasteiger partial charge in [0.2, 0.25) is 0 Å². The van der Waals surface area contributed by atoms with Gasteiger partial charge in [-0.2, -0.15) is 10.2 Å². The summed E-state index contributed by atoms with van der Waals surface area (Å²) in [4.78, 5) is 26.1. The average molecular weight is 520 g/mol. The number of nitrogens with zero attached hydrogens (tertiary/aromatic N) is 3. The van der Waals surface area contributed by atoms with Crippen LogP contribution in [-0.4, -0.2) is 26.6 Å². The van der Waals surface area contributed by atoms with Crippen molar-refractivity contribution in [1.29, 1.82) is 0 Å². The zero-order valence-corrected chi connectivity index (χ0v) is 21.3. The van der Waals surface area contributed by atoms with Crippen molar-refractivity contribution in [3.05, 3.63) is 124 Å². The van der Waals surface area contributed by atoms with Crippen LogP contribution in [0.5, 0.6) is 0 Å². The third kappa shape index (κ3) is 4.54. The van der Waals surface area contributed by atoms with Crippen molar-refractivity contribution in [2.45, 2.75) is 31.7 Å². The first-order valence-corrected chi connectivity index (χ1v) is 12.7. The monoisotopic (exact) mass is 519 g/mol. The van der Waals surface area contributed by atoms with Gasteiger partial charge in [-0.15, -0.1) is 4.63 Å². The van der Waals surface area contributed by atoms with Crippen LogP contribution in [0.3, 0.4) is 0 Å². The van der Waals surface area contributed by atoms with Gasteiger partial charge >= 0.3 is 0 Å². The van der Waals surface area contributed by atoms with E-state index in [2.05, 4.69) is 15.5 Å². The predicted octanol–water partition coefficient (Wildman–Crippen LogP) is 4.95. The Kier molecular flexibility index (Phi) is 5.95. The number of aromatic nitrogens is 3. The van der Waals surface area contributed by atoms with Crippen LogP contribution in [0.15, 0.2) is 85.1 Å². The summed E-state index contributed by atoms with van der Waals surface area (Å²) in [6, 6.07) is 23.3. The van der Waals surface area contributed by atoms with E-state index in [1.165, 1.54) is 16.8 Å². The fourth-order valence-corrected chi connectivity index (χ4v) is 5.13. The van der Waals surface area contributed by atoms with Gasteiger partial charge in [0.05, 0.1) is 23.0 Å². The van der Waals surface area contributed by atoms with Crippen LogP contribution in [0.1, 0.15) is 55.9 Å². The van der Waals surface area contributed by atoms with E-state index in [0.29, 0.717) is 22.3 Å². The summed E-state index contributed by atoms with van der Waals surface area (Å²) in [5.74, 6) is -1.15.